The maximum Gasteiger partial charge on any atom is 0.310 e. The summed E-state index contributed by atoms with van der Waals surface area (Å²) in [7, 11) is 0. The van der Waals surface area contributed by atoms with Crippen LogP contribution in [0.4, 0.5) is 0 Å². The second kappa shape index (κ2) is 9.58. The zero-order valence-electron chi connectivity index (χ0n) is 16.4. The van der Waals surface area contributed by atoms with Crippen molar-refractivity contribution in [3.05, 3.63) is 71.8 Å². The summed E-state index contributed by atoms with van der Waals surface area (Å²) in [5.74, 6) is -0.121. The van der Waals surface area contributed by atoms with Gasteiger partial charge in [-0.25, -0.2) is 0 Å². The average molecular weight is 400 g/mol. The lowest BCUT2D eigenvalue weighted by Gasteiger charge is -2.20. The number of likely N-dealkylation sites (tertiary alicyclic amines) is 1. The molecule has 0 spiro atoms. The normalized spacial score (nSPS) is 21.2. The van der Waals surface area contributed by atoms with Gasteiger partial charge in [-0.05, 0) is 43.5 Å². The Balaban J connectivity index is 0.00000225. The van der Waals surface area contributed by atoms with E-state index >= 15 is 0 Å². The molecule has 150 valence electrons. The van der Waals surface area contributed by atoms with Crippen molar-refractivity contribution in [1.82, 2.24) is 4.90 Å². The fourth-order valence-electron chi connectivity index (χ4n) is 4.56. The zero-order valence-corrected chi connectivity index (χ0v) is 17.2. The Kier molecular flexibility index (Phi) is 7.14. The number of nitrogens with zero attached hydrogens (tertiary/aromatic N) is 1. The number of carbonyl (C=O) groups excluding carboxylic acids is 1. The molecule has 1 saturated heterocycles. The molecule has 2 aromatic carbocycles. The van der Waals surface area contributed by atoms with Crippen molar-refractivity contribution in [2.45, 2.75) is 37.5 Å². The van der Waals surface area contributed by atoms with Crippen LogP contribution in [0.3, 0.4) is 0 Å². The van der Waals surface area contributed by atoms with Crippen LogP contribution in [0, 0.1) is 5.92 Å². The molecule has 3 nitrogen and oxygen atoms in total. The number of ether oxygens (including phenoxy) is 1. The number of halogens is 1. The number of rotatable bonds is 6. The third-order valence-electron chi connectivity index (χ3n) is 6.17. The fraction of sp³-hybridized carbons (Fsp3) is 0.458. The van der Waals surface area contributed by atoms with Gasteiger partial charge in [-0.1, -0.05) is 73.5 Å². The second-order valence-electron chi connectivity index (χ2n) is 7.88. The van der Waals surface area contributed by atoms with E-state index in [1.54, 1.807) is 0 Å². The van der Waals surface area contributed by atoms with Crippen molar-refractivity contribution in [2.75, 3.05) is 26.2 Å². The van der Waals surface area contributed by atoms with Crippen LogP contribution in [0.1, 0.15) is 43.2 Å². The van der Waals surface area contributed by atoms with E-state index in [1.807, 2.05) is 12.1 Å². The third-order valence-corrected chi connectivity index (χ3v) is 6.17. The molecule has 28 heavy (non-hydrogen) atoms. The summed E-state index contributed by atoms with van der Waals surface area (Å²) in [6.07, 6.45) is 6.02. The maximum absolute atomic E-state index is 12.8. The molecule has 1 atom stereocenters. The van der Waals surface area contributed by atoms with E-state index in [1.165, 1.54) is 36.8 Å². The van der Waals surface area contributed by atoms with Gasteiger partial charge in [-0.15, -0.1) is 12.4 Å². The van der Waals surface area contributed by atoms with E-state index in [9.17, 15) is 4.79 Å². The summed E-state index contributed by atoms with van der Waals surface area (Å²) >= 11 is 0. The summed E-state index contributed by atoms with van der Waals surface area (Å²) in [5, 5.41) is 0. The molecular weight excluding hydrogens is 370 g/mol. The molecule has 0 aromatic heterocycles. The fourth-order valence-corrected chi connectivity index (χ4v) is 4.56. The van der Waals surface area contributed by atoms with Crippen LogP contribution in [-0.2, 0) is 14.9 Å². The molecule has 2 fully saturated rings. The minimum Gasteiger partial charge on any atom is -0.464 e. The van der Waals surface area contributed by atoms with Crippen LogP contribution in [0.15, 0.2) is 60.7 Å². The quantitative estimate of drug-likeness (QED) is 0.651. The van der Waals surface area contributed by atoms with Crippen molar-refractivity contribution < 1.29 is 9.53 Å². The summed E-state index contributed by atoms with van der Waals surface area (Å²) in [6, 6.07) is 20.8. The second-order valence-corrected chi connectivity index (χ2v) is 7.88. The van der Waals surface area contributed by atoms with E-state index in [4.69, 9.17) is 4.74 Å². The largest absolute Gasteiger partial charge is 0.464 e. The predicted octanol–water partition coefficient (Wildman–Crippen LogP) is 4.83. The summed E-state index contributed by atoms with van der Waals surface area (Å²) in [6.45, 7) is 3.65. The Hall–Kier alpha value is -1.84. The van der Waals surface area contributed by atoms with Crippen molar-refractivity contribution in [3.8, 4) is 0 Å². The van der Waals surface area contributed by atoms with Gasteiger partial charge in [0.25, 0.3) is 0 Å². The third kappa shape index (κ3) is 4.42. The Bertz CT molecular complexity index is 702. The summed E-state index contributed by atoms with van der Waals surface area (Å²) in [4.78, 5) is 15.3. The molecule has 4 heteroatoms. The van der Waals surface area contributed by atoms with Gasteiger partial charge in [0.2, 0.25) is 0 Å². The smallest absolute Gasteiger partial charge is 0.310 e. The van der Waals surface area contributed by atoms with Crippen LogP contribution in [-0.4, -0.2) is 37.1 Å². The molecule has 0 N–H and O–H groups in total. The average Bonchev–Trinajstić information content (AvgIpc) is 3.51. The van der Waals surface area contributed by atoms with Gasteiger partial charge in [0.1, 0.15) is 6.61 Å². The van der Waals surface area contributed by atoms with Crippen LogP contribution in [0.2, 0.25) is 0 Å². The first-order valence-corrected chi connectivity index (χ1v) is 10.3. The summed E-state index contributed by atoms with van der Waals surface area (Å²) in [5.41, 5.74) is 2.21. The van der Waals surface area contributed by atoms with E-state index in [0.29, 0.717) is 6.61 Å². The highest BCUT2D eigenvalue weighted by molar-refractivity contribution is 5.85. The standard InChI is InChI=1S/C24H29NO2.ClH/c26-23(27-18-17-25-15-9-1-2-10-16-25)22-19-24(22,20-11-5-3-6-12-20)21-13-7-4-8-14-21;/h3-8,11-14,22H,1-2,9-10,15-19H2;1H. The monoisotopic (exact) mass is 399 g/mol. The van der Waals surface area contributed by atoms with E-state index in [0.717, 1.165) is 26.1 Å². The maximum atomic E-state index is 12.8. The highest BCUT2D eigenvalue weighted by Gasteiger charge is 2.61. The van der Waals surface area contributed by atoms with E-state index in [-0.39, 0.29) is 29.7 Å². The molecule has 2 aromatic rings. The molecule has 0 amide bonds. The van der Waals surface area contributed by atoms with Crippen LogP contribution in [0.5, 0.6) is 0 Å². The summed E-state index contributed by atoms with van der Waals surface area (Å²) < 4.78 is 5.73. The molecule has 1 aliphatic carbocycles. The predicted molar refractivity (Wildman–Crippen MR) is 115 cm³/mol. The Labute approximate surface area is 174 Å². The SMILES string of the molecule is Cl.O=C(OCCN1CCCCCC1)C1CC1(c1ccccc1)c1ccccc1. The molecular formula is C24H30ClNO2. The first-order chi connectivity index (χ1) is 13.3. The minimum absolute atomic E-state index is 0. The Morgan fingerprint density at radius 1 is 0.893 bits per heavy atom. The van der Waals surface area contributed by atoms with Crippen molar-refractivity contribution in [3.63, 3.8) is 0 Å². The van der Waals surface area contributed by atoms with Gasteiger partial charge < -0.3 is 4.74 Å². The lowest BCUT2D eigenvalue weighted by molar-refractivity contribution is -0.146. The van der Waals surface area contributed by atoms with Gasteiger partial charge in [0, 0.05) is 12.0 Å². The zero-order chi connectivity index (χ0) is 18.5. The molecule has 4 rings (SSSR count). The number of hydrogen-bond acceptors (Lipinski definition) is 3. The highest BCUT2D eigenvalue weighted by atomic mass is 35.5. The number of benzene rings is 2. The first-order valence-electron chi connectivity index (χ1n) is 10.3. The van der Waals surface area contributed by atoms with Crippen LogP contribution >= 0.6 is 12.4 Å². The highest BCUT2D eigenvalue weighted by Crippen LogP contribution is 2.59. The Morgan fingerprint density at radius 2 is 1.43 bits per heavy atom. The molecule has 1 saturated carbocycles. The molecule has 0 radical (unpaired) electrons. The van der Waals surface area contributed by atoms with E-state index in [2.05, 4.69) is 53.4 Å². The number of hydrogen-bond donors (Lipinski definition) is 0. The van der Waals surface area contributed by atoms with Crippen molar-refractivity contribution in [1.29, 1.82) is 0 Å². The van der Waals surface area contributed by atoms with Gasteiger partial charge in [0.05, 0.1) is 5.92 Å². The Morgan fingerprint density at radius 3 is 1.96 bits per heavy atom. The van der Waals surface area contributed by atoms with Gasteiger partial charge in [-0.3, -0.25) is 9.69 Å². The lowest BCUT2D eigenvalue weighted by Crippen LogP contribution is -2.30. The van der Waals surface area contributed by atoms with Gasteiger partial charge in [-0.2, -0.15) is 0 Å². The molecule has 1 heterocycles. The van der Waals surface area contributed by atoms with E-state index < -0.39 is 0 Å². The van der Waals surface area contributed by atoms with Gasteiger partial charge in [0.15, 0.2) is 0 Å². The molecule has 1 unspecified atom stereocenters. The van der Waals surface area contributed by atoms with Crippen molar-refractivity contribution >= 4 is 18.4 Å². The number of carbonyl (C=O) groups is 1. The minimum atomic E-state index is -0.220. The first kappa shape index (κ1) is 20.9. The molecule has 1 aliphatic heterocycles. The van der Waals surface area contributed by atoms with Crippen LogP contribution < -0.4 is 0 Å². The number of esters is 1. The topological polar surface area (TPSA) is 29.5 Å². The lowest BCUT2D eigenvalue weighted by atomic mass is 9.86. The van der Waals surface area contributed by atoms with Gasteiger partial charge >= 0.3 is 5.97 Å². The van der Waals surface area contributed by atoms with Crippen molar-refractivity contribution in [2.24, 2.45) is 5.92 Å². The molecule has 0 bridgehead atoms. The van der Waals surface area contributed by atoms with Crippen LogP contribution in [0.25, 0.3) is 0 Å². The molecule has 2 aliphatic rings.